The van der Waals surface area contributed by atoms with Crippen LogP contribution in [0.3, 0.4) is 0 Å². The Morgan fingerprint density at radius 1 is 0.731 bits per heavy atom. The maximum atomic E-state index is 14.5. The first kappa shape index (κ1) is 18.0. The van der Waals surface area contributed by atoms with Gasteiger partial charge in [0.1, 0.15) is 5.82 Å². The van der Waals surface area contributed by atoms with Gasteiger partial charge in [-0.15, -0.1) is 0 Å². The third-order valence-electron chi connectivity index (χ3n) is 4.50. The number of benzene rings is 3. The zero-order chi connectivity index (χ0) is 18.4. The summed E-state index contributed by atoms with van der Waals surface area (Å²) in [5.41, 5.74) is 5.82. The highest BCUT2D eigenvalue weighted by atomic mass is 19.1. The molecule has 0 radical (unpaired) electrons. The lowest BCUT2D eigenvalue weighted by molar-refractivity contribution is 0.625. The highest BCUT2D eigenvalue weighted by Crippen LogP contribution is 2.22. The van der Waals surface area contributed by atoms with Gasteiger partial charge in [0.25, 0.3) is 0 Å². The molecule has 130 valence electrons. The molecular weight excluding hydrogens is 319 g/mol. The van der Waals surface area contributed by atoms with Crippen LogP contribution >= 0.6 is 0 Å². The lowest BCUT2D eigenvalue weighted by atomic mass is 10.0. The molecule has 0 bridgehead atoms. The lowest BCUT2D eigenvalue weighted by Gasteiger charge is -2.05. The summed E-state index contributed by atoms with van der Waals surface area (Å²) in [4.78, 5) is 0. The predicted octanol–water partition coefficient (Wildman–Crippen LogP) is 6.41. The summed E-state index contributed by atoms with van der Waals surface area (Å²) in [6.07, 6.45) is 3.20. The van der Waals surface area contributed by atoms with E-state index in [4.69, 9.17) is 0 Å². The molecule has 0 unspecified atom stereocenters. The molecule has 1 heteroatoms. The third-order valence-corrected chi connectivity index (χ3v) is 4.50. The van der Waals surface area contributed by atoms with Gasteiger partial charge < -0.3 is 0 Å². The van der Waals surface area contributed by atoms with Crippen LogP contribution in [-0.4, -0.2) is 0 Å². The molecule has 3 aromatic carbocycles. The van der Waals surface area contributed by atoms with Crippen molar-refractivity contribution in [2.45, 2.75) is 33.1 Å². The summed E-state index contributed by atoms with van der Waals surface area (Å²) in [6, 6.07) is 21.7. The molecule has 3 rings (SSSR count). The van der Waals surface area contributed by atoms with Gasteiger partial charge in [0.15, 0.2) is 0 Å². The zero-order valence-corrected chi connectivity index (χ0v) is 15.4. The van der Waals surface area contributed by atoms with E-state index in [1.54, 1.807) is 12.1 Å². The quantitative estimate of drug-likeness (QED) is 0.481. The minimum absolute atomic E-state index is 0.280. The Hall–Kier alpha value is -2.85. The van der Waals surface area contributed by atoms with E-state index in [-0.39, 0.29) is 5.82 Å². The van der Waals surface area contributed by atoms with Crippen molar-refractivity contribution in [3.63, 3.8) is 0 Å². The van der Waals surface area contributed by atoms with Crippen LogP contribution in [0, 0.1) is 17.7 Å². The minimum Gasteiger partial charge on any atom is -0.206 e. The van der Waals surface area contributed by atoms with Crippen molar-refractivity contribution < 1.29 is 4.39 Å². The summed E-state index contributed by atoms with van der Waals surface area (Å²) in [6.45, 7) is 4.29. The largest absolute Gasteiger partial charge is 0.206 e. The van der Waals surface area contributed by atoms with Crippen LogP contribution in [0.2, 0.25) is 0 Å². The smallest absolute Gasteiger partial charge is 0.139 e. The van der Waals surface area contributed by atoms with Crippen LogP contribution in [0.25, 0.3) is 11.1 Å². The van der Waals surface area contributed by atoms with Crippen molar-refractivity contribution in [1.29, 1.82) is 0 Å². The summed E-state index contributed by atoms with van der Waals surface area (Å²) >= 11 is 0. The molecule has 0 aliphatic heterocycles. The van der Waals surface area contributed by atoms with E-state index in [1.807, 2.05) is 18.2 Å². The van der Waals surface area contributed by atoms with Crippen LogP contribution in [0.1, 0.15) is 42.5 Å². The number of aryl methyl sites for hydroxylation is 2. The molecule has 0 fully saturated rings. The highest BCUT2D eigenvalue weighted by molar-refractivity contribution is 5.65. The minimum atomic E-state index is -0.280. The number of hydrogen-bond donors (Lipinski definition) is 0. The van der Waals surface area contributed by atoms with Crippen molar-refractivity contribution in [3.05, 3.63) is 94.8 Å². The van der Waals surface area contributed by atoms with Crippen LogP contribution < -0.4 is 0 Å². The molecule has 0 aromatic heterocycles. The third kappa shape index (κ3) is 4.41. The van der Waals surface area contributed by atoms with Crippen LogP contribution in [0.4, 0.5) is 4.39 Å². The van der Waals surface area contributed by atoms with E-state index in [0.29, 0.717) is 5.56 Å². The Labute approximate surface area is 155 Å². The number of halogens is 1. The topological polar surface area (TPSA) is 0 Å². The van der Waals surface area contributed by atoms with Crippen molar-refractivity contribution in [2.75, 3.05) is 0 Å². The summed E-state index contributed by atoms with van der Waals surface area (Å²) in [5, 5.41) is 0. The zero-order valence-electron chi connectivity index (χ0n) is 15.4. The fourth-order valence-electron chi connectivity index (χ4n) is 2.91. The van der Waals surface area contributed by atoms with Crippen molar-refractivity contribution >= 4 is 0 Å². The van der Waals surface area contributed by atoms with E-state index < -0.39 is 0 Å². The molecule has 0 saturated carbocycles. The Morgan fingerprint density at radius 2 is 1.38 bits per heavy atom. The lowest BCUT2D eigenvalue weighted by Crippen LogP contribution is -1.88. The first-order chi connectivity index (χ1) is 12.7. The van der Waals surface area contributed by atoms with Gasteiger partial charge in [-0.05, 0) is 59.4 Å². The van der Waals surface area contributed by atoms with E-state index in [2.05, 4.69) is 62.1 Å². The summed E-state index contributed by atoms with van der Waals surface area (Å²) < 4.78 is 14.5. The SMILES string of the molecule is CCCc1ccc(-c2ccc(C#Cc3ccc(CC)cc3)c(F)c2)cc1. The van der Waals surface area contributed by atoms with E-state index in [1.165, 1.54) is 11.1 Å². The summed E-state index contributed by atoms with van der Waals surface area (Å²) in [7, 11) is 0. The van der Waals surface area contributed by atoms with E-state index in [0.717, 1.165) is 36.0 Å². The maximum Gasteiger partial charge on any atom is 0.139 e. The molecule has 26 heavy (non-hydrogen) atoms. The first-order valence-electron chi connectivity index (χ1n) is 9.19. The molecule has 0 aliphatic rings. The van der Waals surface area contributed by atoms with Crippen LogP contribution in [-0.2, 0) is 12.8 Å². The fourth-order valence-corrected chi connectivity index (χ4v) is 2.91. The maximum absolute atomic E-state index is 14.5. The molecule has 0 aliphatic carbocycles. The van der Waals surface area contributed by atoms with Gasteiger partial charge in [-0.1, -0.05) is 74.6 Å². The highest BCUT2D eigenvalue weighted by Gasteiger charge is 2.04. The average molecular weight is 342 g/mol. The van der Waals surface area contributed by atoms with Gasteiger partial charge in [-0.25, -0.2) is 4.39 Å². The molecule has 3 aromatic rings. The van der Waals surface area contributed by atoms with Crippen molar-refractivity contribution in [3.8, 4) is 23.0 Å². The van der Waals surface area contributed by atoms with E-state index >= 15 is 0 Å². The second kappa shape index (κ2) is 8.50. The monoisotopic (exact) mass is 342 g/mol. The van der Waals surface area contributed by atoms with Crippen LogP contribution in [0.5, 0.6) is 0 Å². The Balaban J connectivity index is 1.80. The second-order valence-corrected chi connectivity index (χ2v) is 6.44. The van der Waals surface area contributed by atoms with Gasteiger partial charge in [0.2, 0.25) is 0 Å². The first-order valence-corrected chi connectivity index (χ1v) is 9.19. The van der Waals surface area contributed by atoms with Gasteiger partial charge >= 0.3 is 0 Å². The fraction of sp³-hybridized carbons (Fsp3) is 0.200. The van der Waals surface area contributed by atoms with Crippen molar-refractivity contribution in [1.82, 2.24) is 0 Å². The predicted molar refractivity (Wildman–Crippen MR) is 108 cm³/mol. The Kier molecular flexibility index (Phi) is 5.87. The average Bonchev–Trinajstić information content (AvgIpc) is 2.68. The molecule has 0 atom stereocenters. The van der Waals surface area contributed by atoms with Gasteiger partial charge in [0, 0.05) is 5.56 Å². The molecule has 0 saturated heterocycles. The molecule has 0 amide bonds. The Bertz CT molecular complexity index is 923. The number of rotatable bonds is 4. The standard InChI is InChI=1S/C25H23F/c1-3-5-20-10-13-22(14-11-20)24-17-16-23(25(26)18-24)15-12-21-8-6-19(4-2)7-9-21/h6-11,13-14,16-18H,3-5H2,1-2H3. The molecule has 0 spiro atoms. The summed E-state index contributed by atoms with van der Waals surface area (Å²) in [5.74, 6) is 5.71. The van der Waals surface area contributed by atoms with Crippen molar-refractivity contribution in [2.24, 2.45) is 0 Å². The van der Waals surface area contributed by atoms with Gasteiger partial charge in [-0.2, -0.15) is 0 Å². The molecule has 0 nitrogen and oxygen atoms in total. The Morgan fingerprint density at radius 3 is 2.00 bits per heavy atom. The second-order valence-electron chi connectivity index (χ2n) is 6.44. The molecule has 0 N–H and O–H groups in total. The van der Waals surface area contributed by atoms with E-state index in [9.17, 15) is 4.39 Å². The molecule has 0 heterocycles. The van der Waals surface area contributed by atoms with Gasteiger partial charge in [0.05, 0.1) is 5.56 Å². The normalized spacial score (nSPS) is 10.3. The van der Waals surface area contributed by atoms with Gasteiger partial charge in [-0.3, -0.25) is 0 Å². The number of hydrogen-bond acceptors (Lipinski definition) is 0. The molecular formula is C25H23F. The van der Waals surface area contributed by atoms with Crippen LogP contribution in [0.15, 0.2) is 66.7 Å².